The number of methoxy groups -OCH3 is 1. The molecule has 0 aromatic heterocycles. The van der Waals surface area contributed by atoms with Gasteiger partial charge in [-0.25, -0.2) is 4.79 Å². The van der Waals surface area contributed by atoms with Gasteiger partial charge in [0.15, 0.2) is 0 Å². The summed E-state index contributed by atoms with van der Waals surface area (Å²) in [6.07, 6.45) is 18.5. The monoisotopic (exact) mass is 464 g/mol. The van der Waals surface area contributed by atoms with Crippen LogP contribution in [0.3, 0.4) is 0 Å². The fourth-order valence-corrected chi connectivity index (χ4v) is 9.32. The summed E-state index contributed by atoms with van der Waals surface area (Å²) in [6.45, 7) is 2.13. The number of carbonyl (C=O) groups excluding carboxylic acids is 1. The fraction of sp³-hybridized carbons (Fsp3) is 0.567. The van der Waals surface area contributed by atoms with Crippen molar-refractivity contribution in [3.8, 4) is 11.1 Å². The highest BCUT2D eigenvalue weighted by Crippen LogP contribution is 2.48. The number of ether oxygens (including phenoxy) is 1. The third kappa shape index (κ3) is 6.69. The van der Waals surface area contributed by atoms with E-state index in [1.807, 2.05) is 6.07 Å². The van der Waals surface area contributed by atoms with Gasteiger partial charge in [0.1, 0.15) is 0 Å². The molecule has 0 heterocycles. The van der Waals surface area contributed by atoms with Gasteiger partial charge in [-0.1, -0.05) is 94.5 Å². The molecule has 0 N–H and O–H groups in total. The van der Waals surface area contributed by atoms with Crippen molar-refractivity contribution >= 4 is 13.9 Å². The van der Waals surface area contributed by atoms with E-state index in [4.69, 9.17) is 4.74 Å². The lowest BCUT2D eigenvalue weighted by atomic mass is 9.91. The quantitative estimate of drug-likeness (QED) is 0.289. The van der Waals surface area contributed by atoms with Crippen molar-refractivity contribution in [2.45, 2.75) is 77.3 Å². The highest BCUT2D eigenvalue weighted by Gasteiger charge is 2.24. The van der Waals surface area contributed by atoms with Crippen LogP contribution in [0.5, 0.6) is 0 Å². The molecule has 178 valence electrons. The van der Waals surface area contributed by atoms with E-state index in [2.05, 4.69) is 43.3 Å². The van der Waals surface area contributed by atoms with Gasteiger partial charge < -0.3 is 4.74 Å². The van der Waals surface area contributed by atoms with Crippen LogP contribution in [0.4, 0.5) is 0 Å². The second kappa shape index (κ2) is 12.2. The zero-order chi connectivity index (χ0) is 23.0. The first-order valence-electron chi connectivity index (χ1n) is 13.1. The maximum Gasteiger partial charge on any atom is 0.338 e. The lowest BCUT2D eigenvalue weighted by Gasteiger charge is -2.31. The van der Waals surface area contributed by atoms with E-state index in [-0.39, 0.29) is 13.9 Å². The van der Waals surface area contributed by atoms with Crippen LogP contribution in [-0.4, -0.2) is 25.4 Å². The summed E-state index contributed by atoms with van der Waals surface area (Å²) in [7, 11) is 1.46. The van der Waals surface area contributed by atoms with Gasteiger partial charge in [-0.15, -0.1) is 7.92 Å². The normalized spacial score (nSPS) is 17.9. The third-order valence-corrected chi connectivity index (χ3v) is 10.7. The van der Waals surface area contributed by atoms with Gasteiger partial charge in [0, 0.05) is 0 Å². The van der Waals surface area contributed by atoms with E-state index >= 15 is 0 Å². The Bertz CT molecular complexity index is 889. The summed E-state index contributed by atoms with van der Waals surface area (Å²) in [4.78, 5) is 12.6. The fourth-order valence-electron chi connectivity index (χ4n) is 6.01. The summed E-state index contributed by atoms with van der Waals surface area (Å²) in [5, 5.41) is 0. The minimum absolute atomic E-state index is 0.0164. The Kier molecular flexibility index (Phi) is 9.02. The number of rotatable bonds is 8. The summed E-state index contributed by atoms with van der Waals surface area (Å²) >= 11 is 0. The lowest BCUT2D eigenvalue weighted by Crippen LogP contribution is -2.16. The molecule has 2 aromatic carbocycles. The van der Waals surface area contributed by atoms with Crippen LogP contribution in [0.2, 0.25) is 0 Å². The second-order valence-electron chi connectivity index (χ2n) is 10.4. The van der Waals surface area contributed by atoms with Gasteiger partial charge >= 0.3 is 5.97 Å². The van der Waals surface area contributed by atoms with Crippen molar-refractivity contribution in [2.75, 3.05) is 19.4 Å². The Labute approximate surface area is 202 Å². The molecular formula is C30H41O2P. The Morgan fingerprint density at radius 1 is 0.848 bits per heavy atom. The van der Waals surface area contributed by atoms with Crippen LogP contribution in [0.1, 0.15) is 85.7 Å². The largest absolute Gasteiger partial charge is 0.465 e. The molecule has 2 aromatic rings. The summed E-state index contributed by atoms with van der Waals surface area (Å²) in [5.74, 6) is 1.64. The zero-order valence-corrected chi connectivity index (χ0v) is 21.5. The summed E-state index contributed by atoms with van der Waals surface area (Å²) in [6, 6.07) is 14.9. The number of carbonyl (C=O) groups is 1. The number of esters is 1. The molecular weight excluding hydrogens is 423 g/mol. The van der Waals surface area contributed by atoms with Crippen LogP contribution < -0.4 is 0 Å². The van der Waals surface area contributed by atoms with E-state index in [9.17, 15) is 4.79 Å². The third-order valence-electron chi connectivity index (χ3n) is 7.81. The van der Waals surface area contributed by atoms with Crippen LogP contribution in [-0.2, 0) is 10.9 Å². The molecule has 0 atom stereocenters. The van der Waals surface area contributed by atoms with E-state index in [0.29, 0.717) is 5.56 Å². The molecule has 0 unspecified atom stereocenters. The van der Waals surface area contributed by atoms with E-state index in [1.54, 1.807) is 0 Å². The first-order valence-corrected chi connectivity index (χ1v) is 15.0. The molecule has 2 aliphatic rings. The van der Waals surface area contributed by atoms with Crippen molar-refractivity contribution in [3.05, 3.63) is 59.2 Å². The molecule has 2 saturated carbocycles. The molecule has 0 radical (unpaired) electrons. The molecule has 0 saturated heterocycles. The average molecular weight is 465 g/mol. The molecule has 0 aliphatic heterocycles. The predicted octanol–water partition coefficient (Wildman–Crippen LogP) is 8.59. The van der Waals surface area contributed by atoms with Crippen LogP contribution >= 0.6 is 7.92 Å². The first-order chi connectivity index (χ1) is 16.1. The topological polar surface area (TPSA) is 26.3 Å². The molecule has 0 bridgehead atoms. The van der Waals surface area contributed by atoms with Crippen molar-refractivity contribution in [1.82, 2.24) is 0 Å². The van der Waals surface area contributed by atoms with Crippen molar-refractivity contribution in [1.29, 1.82) is 0 Å². The van der Waals surface area contributed by atoms with Gasteiger partial charge in [-0.2, -0.15) is 0 Å². The van der Waals surface area contributed by atoms with Crippen LogP contribution in [0.25, 0.3) is 11.1 Å². The summed E-state index contributed by atoms with van der Waals surface area (Å²) in [5.41, 5.74) is 5.45. The number of hydrogen-bond donors (Lipinski definition) is 0. The van der Waals surface area contributed by atoms with Gasteiger partial charge in [-0.3, -0.25) is 0 Å². The Balaban J connectivity index is 1.59. The molecule has 2 fully saturated rings. The summed E-state index contributed by atoms with van der Waals surface area (Å²) < 4.78 is 5.13. The zero-order valence-electron chi connectivity index (χ0n) is 20.7. The predicted molar refractivity (Wildman–Crippen MR) is 141 cm³/mol. The van der Waals surface area contributed by atoms with Crippen molar-refractivity contribution in [2.24, 2.45) is 11.8 Å². The highest BCUT2D eigenvalue weighted by molar-refractivity contribution is 7.56. The van der Waals surface area contributed by atoms with Crippen LogP contribution in [0, 0.1) is 18.8 Å². The van der Waals surface area contributed by atoms with Gasteiger partial charge in [0.05, 0.1) is 12.7 Å². The number of benzene rings is 2. The van der Waals surface area contributed by atoms with Crippen molar-refractivity contribution in [3.63, 3.8) is 0 Å². The Morgan fingerprint density at radius 2 is 1.45 bits per heavy atom. The van der Waals surface area contributed by atoms with Gasteiger partial charge in [0.25, 0.3) is 0 Å². The van der Waals surface area contributed by atoms with E-state index in [0.717, 1.165) is 23.0 Å². The SMILES string of the molecule is COC(=O)c1ccc(CP(CC2CCCCC2)CC2CCCCC2)cc1-c1ccccc1C. The van der Waals surface area contributed by atoms with Gasteiger partial charge in [0.2, 0.25) is 0 Å². The first kappa shape index (κ1) is 24.5. The highest BCUT2D eigenvalue weighted by atomic mass is 31.1. The van der Waals surface area contributed by atoms with Gasteiger partial charge in [-0.05, 0) is 71.6 Å². The minimum Gasteiger partial charge on any atom is -0.465 e. The maximum absolute atomic E-state index is 12.6. The molecule has 0 amide bonds. The standard InChI is InChI=1S/C30H41O2P/c1-23-11-9-10-16-27(23)29-19-26(17-18-28(29)30(31)32-2)22-33(20-24-12-5-3-6-13-24)21-25-14-7-4-8-15-25/h9-11,16-19,24-25H,3-8,12-15,20-22H2,1-2H3. The Hall–Kier alpha value is -1.66. The molecule has 33 heavy (non-hydrogen) atoms. The van der Waals surface area contributed by atoms with E-state index < -0.39 is 0 Å². The molecule has 2 aliphatic carbocycles. The lowest BCUT2D eigenvalue weighted by molar-refractivity contribution is 0.0601. The molecule has 0 spiro atoms. The van der Waals surface area contributed by atoms with E-state index in [1.165, 1.54) is 101 Å². The Morgan fingerprint density at radius 3 is 2.03 bits per heavy atom. The number of hydrogen-bond acceptors (Lipinski definition) is 2. The number of aryl methyl sites for hydroxylation is 1. The van der Waals surface area contributed by atoms with Crippen molar-refractivity contribution < 1.29 is 9.53 Å². The molecule has 2 nitrogen and oxygen atoms in total. The smallest absolute Gasteiger partial charge is 0.338 e. The molecule has 3 heteroatoms. The minimum atomic E-state index is -0.244. The second-order valence-corrected chi connectivity index (χ2v) is 12.8. The maximum atomic E-state index is 12.6. The van der Waals surface area contributed by atoms with Crippen LogP contribution in [0.15, 0.2) is 42.5 Å². The molecule has 4 rings (SSSR count). The average Bonchev–Trinajstić information content (AvgIpc) is 2.85.